The van der Waals surface area contributed by atoms with E-state index >= 15 is 0 Å². The zero-order valence-electron chi connectivity index (χ0n) is 10.5. The molecule has 0 bridgehead atoms. The van der Waals surface area contributed by atoms with Crippen molar-refractivity contribution in [3.63, 3.8) is 0 Å². The molecule has 1 aromatic heterocycles. The van der Waals surface area contributed by atoms with Gasteiger partial charge in [-0.1, -0.05) is 6.07 Å². The maximum atomic E-state index is 11.2. The summed E-state index contributed by atoms with van der Waals surface area (Å²) in [7, 11) is 1.40. The minimum atomic E-state index is -0.223. The summed E-state index contributed by atoms with van der Waals surface area (Å²) in [4.78, 5) is 17.8. The van der Waals surface area contributed by atoms with Crippen LogP contribution in [0.2, 0.25) is 0 Å². The Morgan fingerprint density at radius 2 is 2.50 bits per heavy atom. The Morgan fingerprint density at radius 1 is 1.61 bits per heavy atom. The zero-order chi connectivity index (χ0) is 12.8. The lowest BCUT2D eigenvalue weighted by molar-refractivity contribution is -0.145. The maximum Gasteiger partial charge on any atom is 0.308 e. The lowest BCUT2D eigenvalue weighted by Gasteiger charge is -2.32. The van der Waals surface area contributed by atoms with Crippen molar-refractivity contribution in [3.8, 4) is 0 Å². The van der Waals surface area contributed by atoms with Gasteiger partial charge in [0.15, 0.2) is 0 Å². The summed E-state index contributed by atoms with van der Waals surface area (Å²) in [5.41, 5.74) is 1.04. The number of hydrogen-bond donors (Lipinski definition) is 0. The number of aromatic nitrogens is 1. The van der Waals surface area contributed by atoms with Gasteiger partial charge in [-0.3, -0.25) is 14.7 Å². The van der Waals surface area contributed by atoms with Crippen LogP contribution in [-0.4, -0.2) is 48.8 Å². The van der Waals surface area contributed by atoms with E-state index in [9.17, 15) is 4.79 Å². The minimum Gasteiger partial charge on any atom is -0.469 e. The molecule has 1 saturated heterocycles. The number of ether oxygens (including phenoxy) is 2. The third-order valence-electron chi connectivity index (χ3n) is 2.96. The van der Waals surface area contributed by atoms with Crippen molar-refractivity contribution in [2.45, 2.75) is 19.1 Å². The van der Waals surface area contributed by atoms with E-state index in [0.717, 1.165) is 25.3 Å². The van der Waals surface area contributed by atoms with Crippen molar-refractivity contribution in [1.82, 2.24) is 9.88 Å². The molecule has 0 aliphatic carbocycles. The Hall–Kier alpha value is -1.46. The average Bonchev–Trinajstić information content (AvgIpc) is 2.40. The van der Waals surface area contributed by atoms with E-state index in [0.29, 0.717) is 13.0 Å². The lowest BCUT2D eigenvalue weighted by atomic mass is 10.2. The van der Waals surface area contributed by atoms with Gasteiger partial charge in [0, 0.05) is 25.8 Å². The van der Waals surface area contributed by atoms with Crippen molar-refractivity contribution in [2.24, 2.45) is 0 Å². The van der Waals surface area contributed by atoms with Crippen LogP contribution in [0, 0.1) is 0 Å². The van der Waals surface area contributed by atoms with Crippen molar-refractivity contribution in [1.29, 1.82) is 0 Å². The maximum absolute atomic E-state index is 11.2. The second-order valence-corrected chi connectivity index (χ2v) is 4.33. The Balaban J connectivity index is 1.85. The molecule has 0 radical (unpaired) electrons. The predicted molar refractivity (Wildman–Crippen MR) is 65.9 cm³/mol. The highest BCUT2D eigenvalue weighted by Gasteiger charge is 2.23. The van der Waals surface area contributed by atoms with Gasteiger partial charge in [0.25, 0.3) is 0 Å². The third-order valence-corrected chi connectivity index (χ3v) is 2.96. The second kappa shape index (κ2) is 6.47. The highest BCUT2D eigenvalue weighted by molar-refractivity contribution is 5.69. The van der Waals surface area contributed by atoms with Gasteiger partial charge in [0.1, 0.15) is 0 Å². The van der Waals surface area contributed by atoms with Crippen LogP contribution in [-0.2, 0) is 20.8 Å². The molecule has 5 nitrogen and oxygen atoms in total. The van der Waals surface area contributed by atoms with Crippen LogP contribution in [0.4, 0.5) is 0 Å². The summed E-state index contributed by atoms with van der Waals surface area (Å²) < 4.78 is 10.2. The molecule has 1 fully saturated rings. The van der Waals surface area contributed by atoms with Crippen LogP contribution in [0.25, 0.3) is 0 Å². The Bertz CT molecular complexity index is 383. The van der Waals surface area contributed by atoms with Crippen LogP contribution < -0.4 is 0 Å². The highest BCUT2D eigenvalue weighted by Crippen LogP contribution is 2.11. The minimum absolute atomic E-state index is 0.0742. The van der Waals surface area contributed by atoms with Crippen LogP contribution >= 0.6 is 0 Å². The molecule has 2 rings (SSSR count). The van der Waals surface area contributed by atoms with Gasteiger partial charge in [0.05, 0.1) is 31.9 Å². The first kappa shape index (κ1) is 13.0. The number of rotatable bonds is 4. The molecule has 2 heterocycles. The number of esters is 1. The molecular weight excluding hydrogens is 232 g/mol. The van der Waals surface area contributed by atoms with Gasteiger partial charge in [-0.25, -0.2) is 0 Å². The van der Waals surface area contributed by atoms with E-state index in [-0.39, 0.29) is 12.1 Å². The molecular formula is C13H18N2O3. The molecule has 1 aliphatic heterocycles. The van der Waals surface area contributed by atoms with Crippen molar-refractivity contribution >= 4 is 5.97 Å². The fourth-order valence-electron chi connectivity index (χ4n) is 2.04. The van der Waals surface area contributed by atoms with Crippen LogP contribution in [0.15, 0.2) is 24.4 Å². The number of morpholine rings is 1. The Kier molecular flexibility index (Phi) is 4.66. The Labute approximate surface area is 107 Å². The summed E-state index contributed by atoms with van der Waals surface area (Å²) in [6, 6.07) is 5.89. The van der Waals surface area contributed by atoms with Crippen LogP contribution in [0.1, 0.15) is 12.1 Å². The number of carbonyl (C=O) groups is 1. The van der Waals surface area contributed by atoms with Crippen molar-refractivity contribution in [2.75, 3.05) is 26.8 Å². The number of carbonyl (C=O) groups excluding carboxylic acids is 1. The standard InChI is InChI=1S/C13H18N2O3/c1-17-13(16)8-12-10-15(6-7-18-12)9-11-4-2-3-5-14-11/h2-5,12H,6-10H2,1H3/t12-/m1/s1. The SMILES string of the molecule is COC(=O)C[C@@H]1CN(Cc2ccccn2)CCO1. The number of methoxy groups -OCH3 is 1. The number of pyridine rings is 1. The van der Waals surface area contributed by atoms with E-state index in [4.69, 9.17) is 4.74 Å². The van der Waals surface area contributed by atoms with Gasteiger partial charge in [0.2, 0.25) is 0 Å². The molecule has 0 saturated carbocycles. The molecule has 98 valence electrons. The molecule has 0 unspecified atom stereocenters. The summed E-state index contributed by atoms with van der Waals surface area (Å²) in [6.07, 6.45) is 2.03. The highest BCUT2D eigenvalue weighted by atomic mass is 16.5. The normalized spacial score (nSPS) is 20.6. The van der Waals surface area contributed by atoms with E-state index < -0.39 is 0 Å². The summed E-state index contributed by atoms with van der Waals surface area (Å²) in [5.74, 6) is -0.223. The average molecular weight is 250 g/mol. The Morgan fingerprint density at radius 3 is 3.22 bits per heavy atom. The van der Waals surface area contributed by atoms with Crippen LogP contribution in [0.5, 0.6) is 0 Å². The topological polar surface area (TPSA) is 51.7 Å². The van der Waals surface area contributed by atoms with E-state index in [1.54, 1.807) is 6.20 Å². The van der Waals surface area contributed by atoms with Crippen molar-refractivity contribution < 1.29 is 14.3 Å². The molecule has 0 aromatic carbocycles. The number of nitrogens with zero attached hydrogens (tertiary/aromatic N) is 2. The quantitative estimate of drug-likeness (QED) is 0.741. The molecule has 1 aromatic rings. The first-order valence-electron chi connectivity index (χ1n) is 6.08. The van der Waals surface area contributed by atoms with E-state index in [1.807, 2.05) is 18.2 Å². The fraction of sp³-hybridized carbons (Fsp3) is 0.538. The van der Waals surface area contributed by atoms with Gasteiger partial charge >= 0.3 is 5.97 Å². The van der Waals surface area contributed by atoms with E-state index in [1.165, 1.54) is 7.11 Å². The second-order valence-electron chi connectivity index (χ2n) is 4.33. The summed E-state index contributed by atoms with van der Waals surface area (Å²) >= 11 is 0. The van der Waals surface area contributed by atoms with Gasteiger partial charge in [-0.2, -0.15) is 0 Å². The predicted octanol–water partition coefficient (Wildman–Crippen LogP) is 0.845. The molecule has 5 heteroatoms. The van der Waals surface area contributed by atoms with Crippen molar-refractivity contribution in [3.05, 3.63) is 30.1 Å². The fourth-order valence-corrected chi connectivity index (χ4v) is 2.04. The molecule has 0 N–H and O–H groups in total. The first-order valence-corrected chi connectivity index (χ1v) is 6.08. The van der Waals surface area contributed by atoms with Gasteiger partial charge in [-0.15, -0.1) is 0 Å². The molecule has 1 atom stereocenters. The van der Waals surface area contributed by atoms with Gasteiger partial charge in [-0.05, 0) is 12.1 Å². The molecule has 0 amide bonds. The first-order chi connectivity index (χ1) is 8.78. The summed E-state index contributed by atoms with van der Waals surface area (Å²) in [5, 5.41) is 0. The smallest absolute Gasteiger partial charge is 0.308 e. The molecule has 0 spiro atoms. The third kappa shape index (κ3) is 3.78. The molecule has 18 heavy (non-hydrogen) atoms. The largest absolute Gasteiger partial charge is 0.469 e. The lowest BCUT2D eigenvalue weighted by Crippen LogP contribution is -2.43. The van der Waals surface area contributed by atoms with E-state index in [2.05, 4.69) is 14.6 Å². The summed E-state index contributed by atoms with van der Waals surface area (Å²) in [6.45, 7) is 3.05. The monoisotopic (exact) mass is 250 g/mol. The van der Waals surface area contributed by atoms with Gasteiger partial charge < -0.3 is 9.47 Å². The number of hydrogen-bond acceptors (Lipinski definition) is 5. The zero-order valence-corrected chi connectivity index (χ0v) is 10.5. The van der Waals surface area contributed by atoms with Crippen LogP contribution in [0.3, 0.4) is 0 Å². The molecule has 1 aliphatic rings.